The Kier molecular flexibility index (Phi) is 2.74. The summed E-state index contributed by atoms with van der Waals surface area (Å²) < 4.78 is 13.4. The Balaban J connectivity index is 2.69. The SMILES string of the molecule is CC(C)(C)C1C(F)CCNC1O. The molecular formula is C9H18FNO. The predicted octanol–water partition coefficient (Wildman–Crippen LogP) is 1.30. The number of aliphatic hydroxyl groups is 1. The first-order valence-electron chi connectivity index (χ1n) is 4.48. The van der Waals surface area contributed by atoms with Gasteiger partial charge >= 0.3 is 0 Å². The second-order valence-corrected chi connectivity index (χ2v) is 4.60. The van der Waals surface area contributed by atoms with Crippen LogP contribution >= 0.6 is 0 Å². The van der Waals surface area contributed by atoms with Crippen LogP contribution in [0, 0.1) is 11.3 Å². The summed E-state index contributed by atoms with van der Waals surface area (Å²) in [5.41, 5.74) is -0.174. The van der Waals surface area contributed by atoms with Crippen LogP contribution < -0.4 is 5.32 Å². The van der Waals surface area contributed by atoms with Crippen molar-refractivity contribution in [1.82, 2.24) is 5.32 Å². The van der Waals surface area contributed by atoms with Crippen LogP contribution in [0.1, 0.15) is 27.2 Å². The Morgan fingerprint density at radius 2 is 2.00 bits per heavy atom. The smallest absolute Gasteiger partial charge is 0.111 e. The lowest BCUT2D eigenvalue weighted by Gasteiger charge is -2.40. The lowest BCUT2D eigenvalue weighted by Crippen LogP contribution is -2.52. The normalized spacial score (nSPS) is 38.2. The molecule has 72 valence electrons. The minimum atomic E-state index is -0.874. The Labute approximate surface area is 73.2 Å². The molecule has 1 saturated heterocycles. The fraction of sp³-hybridized carbons (Fsp3) is 1.00. The maximum atomic E-state index is 13.4. The van der Waals surface area contributed by atoms with Gasteiger partial charge in [0.1, 0.15) is 12.4 Å². The number of halogens is 1. The van der Waals surface area contributed by atoms with Crippen LogP contribution in [0.4, 0.5) is 4.39 Å². The van der Waals surface area contributed by atoms with Gasteiger partial charge in [0.25, 0.3) is 0 Å². The minimum Gasteiger partial charge on any atom is -0.378 e. The van der Waals surface area contributed by atoms with Gasteiger partial charge in [0.15, 0.2) is 0 Å². The highest BCUT2D eigenvalue weighted by atomic mass is 19.1. The third-order valence-electron chi connectivity index (χ3n) is 2.50. The van der Waals surface area contributed by atoms with Crippen molar-refractivity contribution < 1.29 is 9.50 Å². The molecular weight excluding hydrogens is 157 g/mol. The number of hydrogen-bond acceptors (Lipinski definition) is 2. The number of alkyl halides is 1. The molecule has 0 saturated carbocycles. The lowest BCUT2D eigenvalue weighted by atomic mass is 9.74. The van der Waals surface area contributed by atoms with Crippen molar-refractivity contribution in [2.45, 2.75) is 39.6 Å². The summed E-state index contributed by atoms with van der Waals surface area (Å²) in [6, 6.07) is 0. The van der Waals surface area contributed by atoms with Gasteiger partial charge in [0.05, 0.1) is 0 Å². The molecule has 0 aromatic rings. The summed E-state index contributed by atoms with van der Waals surface area (Å²) in [7, 11) is 0. The average Bonchev–Trinajstić information content (AvgIpc) is 1.82. The third-order valence-corrected chi connectivity index (χ3v) is 2.50. The largest absolute Gasteiger partial charge is 0.378 e. The van der Waals surface area contributed by atoms with E-state index in [1.165, 1.54) is 0 Å². The van der Waals surface area contributed by atoms with E-state index in [2.05, 4.69) is 5.32 Å². The van der Waals surface area contributed by atoms with E-state index in [0.29, 0.717) is 13.0 Å². The van der Waals surface area contributed by atoms with Crippen LogP contribution in [-0.4, -0.2) is 24.1 Å². The van der Waals surface area contributed by atoms with E-state index in [4.69, 9.17) is 0 Å². The van der Waals surface area contributed by atoms with Gasteiger partial charge in [-0.1, -0.05) is 20.8 Å². The third kappa shape index (κ3) is 1.96. The molecule has 3 unspecified atom stereocenters. The fourth-order valence-corrected chi connectivity index (χ4v) is 1.89. The van der Waals surface area contributed by atoms with Gasteiger partial charge in [-0.05, 0) is 11.8 Å². The molecule has 1 fully saturated rings. The van der Waals surface area contributed by atoms with E-state index in [0.717, 1.165) is 0 Å². The van der Waals surface area contributed by atoms with Crippen molar-refractivity contribution in [3.05, 3.63) is 0 Å². The van der Waals surface area contributed by atoms with Crippen molar-refractivity contribution >= 4 is 0 Å². The van der Waals surface area contributed by atoms with Crippen LogP contribution in [0.5, 0.6) is 0 Å². The number of aliphatic hydroxyl groups excluding tert-OH is 1. The second-order valence-electron chi connectivity index (χ2n) is 4.60. The maximum Gasteiger partial charge on any atom is 0.111 e. The minimum absolute atomic E-state index is 0.174. The molecule has 0 amide bonds. The first-order valence-corrected chi connectivity index (χ1v) is 4.48. The van der Waals surface area contributed by atoms with Crippen molar-refractivity contribution in [3.63, 3.8) is 0 Å². The summed E-state index contributed by atoms with van der Waals surface area (Å²) in [6.07, 6.45) is -1.05. The van der Waals surface area contributed by atoms with E-state index in [-0.39, 0.29) is 11.3 Å². The van der Waals surface area contributed by atoms with Gasteiger partial charge in [-0.15, -0.1) is 0 Å². The molecule has 0 aromatic carbocycles. The topological polar surface area (TPSA) is 32.3 Å². The molecule has 3 atom stereocenters. The van der Waals surface area contributed by atoms with Gasteiger partial charge < -0.3 is 5.11 Å². The Morgan fingerprint density at radius 3 is 2.33 bits per heavy atom. The number of rotatable bonds is 0. The highest BCUT2D eigenvalue weighted by Crippen LogP contribution is 2.35. The monoisotopic (exact) mass is 175 g/mol. The van der Waals surface area contributed by atoms with Crippen LogP contribution in [0.3, 0.4) is 0 Å². The molecule has 1 heterocycles. The molecule has 0 bridgehead atoms. The van der Waals surface area contributed by atoms with Crippen molar-refractivity contribution in [3.8, 4) is 0 Å². The zero-order valence-electron chi connectivity index (χ0n) is 7.97. The summed E-state index contributed by atoms with van der Waals surface area (Å²) >= 11 is 0. The van der Waals surface area contributed by atoms with Crippen LogP contribution in [0.2, 0.25) is 0 Å². The molecule has 1 rings (SSSR count). The van der Waals surface area contributed by atoms with Crippen LogP contribution in [-0.2, 0) is 0 Å². The molecule has 12 heavy (non-hydrogen) atoms. The van der Waals surface area contributed by atoms with Crippen molar-refractivity contribution in [2.75, 3.05) is 6.54 Å². The van der Waals surface area contributed by atoms with Gasteiger partial charge in [-0.25, -0.2) is 4.39 Å². The van der Waals surface area contributed by atoms with Gasteiger partial charge in [0, 0.05) is 12.5 Å². The van der Waals surface area contributed by atoms with Crippen molar-refractivity contribution in [2.24, 2.45) is 11.3 Å². The summed E-state index contributed by atoms with van der Waals surface area (Å²) in [5.74, 6) is -0.286. The highest BCUT2D eigenvalue weighted by molar-refractivity contribution is 4.88. The van der Waals surface area contributed by atoms with E-state index >= 15 is 0 Å². The zero-order chi connectivity index (χ0) is 9.35. The molecule has 0 aromatic heterocycles. The van der Waals surface area contributed by atoms with Gasteiger partial charge in [-0.3, -0.25) is 5.32 Å². The van der Waals surface area contributed by atoms with E-state index in [1.54, 1.807) is 0 Å². The molecule has 2 nitrogen and oxygen atoms in total. The van der Waals surface area contributed by atoms with Crippen LogP contribution in [0.15, 0.2) is 0 Å². The van der Waals surface area contributed by atoms with E-state index in [1.807, 2.05) is 20.8 Å². The fourth-order valence-electron chi connectivity index (χ4n) is 1.89. The molecule has 0 spiro atoms. The van der Waals surface area contributed by atoms with Gasteiger partial charge in [0.2, 0.25) is 0 Å². The Morgan fingerprint density at radius 1 is 1.42 bits per heavy atom. The number of hydrogen-bond donors (Lipinski definition) is 2. The first kappa shape index (κ1) is 9.93. The Bertz CT molecular complexity index is 145. The molecule has 3 heteroatoms. The first-order chi connectivity index (χ1) is 5.43. The quantitative estimate of drug-likeness (QED) is 0.581. The van der Waals surface area contributed by atoms with E-state index in [9.17, 15) is 9.50 Å². The molecule has 1 aliphatic rings. The van der Waals surface area contributed by atoms with Gasteiger partial charge in [-0.2, -0.15) is 0 Å². The molecule has 0 aliphatic carbocycles. The number of nitrogens with one attached hydrogen (secondary N) is 1. The second kappa shape index (κ2) is 3.30. The molecule has 0 radical (unpaired) electrons. The standard InChI is InChI=1S/C9H18FNO/c1-9(2,3)7-6(10)4-5-11-8(7)12/h6-8,11-12H,4-5H2,1-3H3. The summed E-state index contributed by atoms with van der Waals surface area (Å²) in [4.78, 5) is 0. The summed E-state index contributed by atoms with van der Waals surface area (Å²) in [5, 5.41) is 12.4. The molecule has 1 aliphatic heterocycles. The Hall–Kier alpha value is -0.150. The average molecular weight is 175 g/mol. The molecule has 2 N–H and O–H groups in total. The number of piperidine rings is 1. The predicted molar refractivity (Wildman–Crippen MR) is 46.5 cm³/mol. The summed E-state index contributed by atoms with van der Waals surface area (Å²) in [6.45, 7) is 6.45. The van der Waals surface area contributed by atoms with E-state index < -0.39 is 12.4 Å². The highest BCUT2D eigenvalue weighted by Gasteiger charge is 2.40. The lowest BCUT2D eigenvalue weighted by molar-refractivity contribution is -0.0516. The van der Waals surface area contributed by atoms with Crippen LogP contribution in [0.25, 0.3) is 0 Å². The maximum absolute atomic E-state index is 13.4. The zero-order valence-corrected chi connectivity index (χ0v) is 7.97. The van der Waals surface area contributed by atoms with Crippen molar-refractivity contribution in [1.29, 1.82) is 0 Å².